The van der Waals surface area contributed by atoms with E-state index in [4.69, 9.17) is 11.6 Å². The molecular formula is C32H35ClN2O5. The third-order valence-electron chi connectivity index (χ3n) is 9.82. The second-order valence-corrected chi connectivity index (χ2v) is 13.0. The molecule has 2 atom stereocenters. The molecule has 5 aliphatic rings. The van der Waals surface area contributed by atoms with Gasteiger partial charge < -0.3 is 14.9 Å². The molecule has 0 saturated heterocycles. The molecule has 0 unspecified atom stereocenters. The van der Waals surface area contributed by atoms with Crippen LogP contribution in [0.1, 0.15) is 74.2 Å². The van der Waals surface area contributed by atoms with Crippen LogP contribution in [0.3, 0.4) is 0 Å². The van der Waals surface area contributed by atoms with Crippen molar-refractivity contribution in [2.45, 2.75) is 76.9 Å². The van der Waals surface area contributed by atoms with Gasteiger partial charge in [0.25, 0.3) is 0 Å². The number of carboxylic acids is 1. The van der Waals surface area contributed by atoms with E-state index in [1.807, 2.05) is 18.2 Å². The summed E-state index contributed by atoms with van der Waals surface area (Å²) in [4.78, 5) is 57.2. The number of carbonyl (C=O) groups excluding carboxylic acids is 3. The molecule has 210 valence electrons. The zero-order valence-electron chi connectivity index (χ0n) is 22.7. The summed E-state index contributed by atoms with van der Waals surface area (Å²) in [6.07, 6.45) is 6.72. The van der Waals surface area contributed by atoms with E-state index in [9.17, 15) is 24.3 Å². The van der Waals surface area contributed by atoms with E-state index >= 15 is 0 Å². The van der Waals surface area contributed by atoms with E-state index in [0.29, 0.717) is 40.4 Å². The van der Waals surface area contributed by atoms with Gasteiger partial charge in [-0.15, -0.1) is 0 Å². The number of benzene rings is 2. The Morgan fingerprint density at radius 1 is 0.950 bits per heavy atom. The first-order valence-electron chi connectivity index (χ1n) is 14.3. The molecule has 2 aromatic rings. The smallest absolute Gasteiger partial charge is 0.326 e. The van der Waals surface area contributed by atoms with Gasteiger partial charge in [-0.1, -0.05) is 41.9 Å². The highest BCUT2D eigenvalue weighted by Crippen LogP contribution is 2.62. The maximum absolute atomic E-state index is 14.8. The maximum Gasteiger partial charge on any atom is 0.326 e. The summed E-state index contributed by atoms with van der Waals surface area (Å²) in [5, 5.41) is 10.8. The van der Waals surface area contributed by atoms with Crippen molar-refractivity contribution in [3.8, 4) is 0 Å². The standard InChI is InChI=1S/C32H35ClN2O5/c1-19(36)35-27(31(39)40)13-29(37)24-7-3-5-9-26(24)34(18-23-6-2-4-8-25(23)33)30(38)28(35)17-32-14-20-10-21(15-32)12-22(11-20)16-32/h2-9,20-22,27-28H,10-18H2,1H3,(H,39,40)/t20?,21?,22?,27-,28+,32?/m0/s1. The molecule has 8 heteroatoms. The fourth-order valence-electron chi connectivity index (χ4n) is 8.70. The largest absolute Gasteiger partial charge is 0.480 e. The number of halogens is 1. The second kappa shape index (κ2) is 10.3. The van der Waals surface area contributed by atoms with Gasteiger partial charge in [0.05, 0.1) is 12.2 Å². The van der Waals surface area contributed by atoms with Crippen molar-refractivity contribution in [3.63, 3.8) is 0 Å². The molecule has 1 heterocycles. The number of para-hydroxylation sites is 1. The summed E-state index contributed by atoms with van der Waals surface area (Å²) in [7, 11) is 0. The Morgan fingerprint density at radius 3 is 2.15 bits per heavy atom. The van der Waals surface area contributed by atoms with Crippen LogP contribution < -0.4 is 4.90 Å². The molecule has 1 aliphatic heterocycles. The van der Waals surface area contributed by atoms with Crippen LogP contribution in [0.2, 0.25) is 5.02 Å². The van der Waals surface area contributed by atoms with Gasteiger partial charge in [-0.05, 0) is 91.9 Å². The van der Waals surface area contributed by atoms with Crippen LogP contribution in [0.15, 0.2) is 48.5 Å². The fourth-order valence-corrected chi connectivity index (χ4v) is 8.90. The quantitative estimate of drug-likeness (QED) is 0.502. The third kappa shape index (κ3) is 4.83. The van der Waals surface area contributed by atoms with E-state index < -0.39 is 36.2 Å². The molecule has 1 N–H and O–H groups in total. The summed E-state index contributed by atoms with van der Waals surface area (Å²) in [5.74, 6) is -0.683. The van der Waals surface area contributed by atoms with E-state index in [0.717, 1.165) is 19.3 Å². The van der Waals surface area contributed by atoms with E-state index in [1.54, 1.807) is 35.2 Å². The van der Waals surface area contributed by atoms with Crippen molar-refractivity contribution >= 4 is 40.9 Å². The molecule has 4 fully saturated rings. The van der Waals surface area contributed by atoms with Gasteiger partial charge in [-0.25, -0.2) is 4.79 Å². The van der Waals surface area contributed by atoms with Crippen molar-refractivity contribution in [2.24, 2.45) is 23.2 Å². The number of nitrogens with zero attached hydrogens (tertiary/aromatic N) is 2. The van der Waals surface area contributed by atoms with Crippen LogP contribution in [-0.4, -0.2) is 45.7 Å². The Hall–Kier alpha value is -3.19. The number of Topliss-reactive ketones (excluding diaryl/α,β-unsaturated/α-hetero) is 1. The number of amides is 2. The summed E-state index contributed by atoms with van der Waals surface area (Å²) in [6.45, 7) is 1.41. The first-order valence-corrected chi connectivity index (χ1v) is 14.7. The second-order valence-electron chi connectivity index (χ2n) is 12.6. The lowest BCUT2D eigenvalue weighted by Gasteiger charge is -2.58. The van der Waals surface area contributed by atoms with Crippen LogP contribution in [0, 0.1) is 23.2 Å². The minimum Gasteiger partial charge on any atom is -0.480 e. The van der Waals surface area contributed by atoms with Crippen molar-refractivity contribution < 1.29 is 24.3 Å². The number of rotatable bonds is 5. The molecule has 2 aromatic carbocycles. The average Bonchev–Trinajstić information content (AvgIpc) is 2.93. The van der Waals surface area contributed by atoms with Gasteiger partial charge in [0.2, 0.25) is 11.8 Å². The van der Waals surface area contributed by atoms with Crippen LogP contribution >= 0.6 is 11.6 Å². The molecule has 2 amide bonds. The number of hydrogen-bond donors (Lipinski definition) is 1. The minimum absolute atomic E-state index is 0.101. The lowest BCUT2D eigenvalue weighted by Crippen LogP contribution is -2.59. The minimum atomic E-state index is -1.43. The van der Waals surface area contributed by atoms with Gasteiger partial charge in [0.1, 0.15) is 12.1 Å². The van der Waals surface area contributed by atoms with Crippen molar-refractivity contribution in [1.29, 1.82) is 0 Å². The van der Waals surface area contributed by atoms with Crippen molar-refractivity contribution in [1.82, 2.24) is 4.90 Å². The lowest BCUT2D eigenvalue weighted by molar-refractivity contribution is -0.156. The molecular weight excluding hydrogens is 528 g/mol. The predicted octanol–water partition coefficient (Wildman–Crippen LogP) is 5.74. The number of carbonyl (C=O) groups is 4. The Labute approximate surface area is 239 Å². The number of fused-ring (bicyclic) bond motifs is 1. The van der Waals surface area contributed by atoms with Gasteiger partial charge in [0, 0.05) is 23.9 Å². The lowest BCUT2D eigenvalue weighted by atomic mass is 9.48. The van der Waals surface area contributed by atoms with Crippen LogP contribution in [-0.2, 0) is 20.9 Å². The van der Waals surface area contributed by atoms with Crippen molar-refractivity contribution in [2.75, 3.05) is 4.90 Å². The first kappa shape index (κ1) is 27.0. The summed E-state index contributed by atoms with van der Waals surface area (Å²) in [6, 6.07) is 11.6. The molecule has 7 rings (SSSR count). The topological polar surface area (TPSA) is 95.0 Å². The number of anilines is 1. The van der Waals surface area contributed by atoms with Gasteiger partial charge in [-0.3, -0.25) is 14.4 Å². The first-order chi connectivity index (χ1) is 19.1. The van der Waals surface area contributed by atoms with Gasteiger partial charge >= 0.3 is 5.97 Å². The summed E-state index contributed by atoms with van der Waals surface area (Å²) >= 11 is 6.53. The highest BCUT2D eigenvalue weighted by atomic mass is 35.5. The van der Waals surface area contributed by atoms with Crippen LogP contribution in [0.5, 0.6) is 0 Å². The highest BCUT2D eigenvalue weighted by Gasteiger charge is 2.54. The Kier molecular flexibility index (Phi) is 6.97. The number of hydrogen-bond acceptors (Lipinski definition) is 4. The SMILES string of the molecule is CC(=O)N1[C@H](CC23CC4CC(CC(C4)C2)C3)C(=O)N(Cc2ccccc2Cl)c2ccccc2C(=O)C[C@H]1C(=O)O. The Bertz CT molecular complexity index is 1340. The van der Waals surface area contributed by atoms with Gasteiger partial charge in [-0.2, -0.15) is 0 Å². The van der Waals surface area contributed by atoms with Crippen LogP contribution in [0.4, 0.5) is 5.69 Å². The molecule has 4 saturated carbocycles. The van der Waals surface area contributed by atoms with Gasteiger partial charge in [0.15, 0.2) is 5.78 Å². The Balaban J connectivity index is 1.49. The molecule has 7 nitrogen and oxygen atoms in total. The average molecular weight is 563 g/mol. The normalized spacial score (nSPS) is 31.4. The van der Waals surface area contributed by atoms with Crippen LogP contribution in [0.25, 0.3) is 0 Å². The number of carboxylic acid groups (broad SMARTS) is 1. The maximum atomic E-state index is 14.8. The molecule has 0 aromatic heterocycles. The molecule has 0 spiro atoms. The monoisotopic (exact) mass is 562 g/mol. The summed E-state index contributed by atoms with van der Waals surface area (Å²) in [5.41, 5.74) is 1.28. The zero-order chi connectivity index (χ0) is 28.2. The van der Waals surface area contributed by atoms with E-state index in [-0.39, 0.29) is 23.4 Å². The summed E-state index contributed by atoms with van der Waals surface area (Å²) < 4.78 is 0. The predicted molar refractivity (Wildman–Crippen MR) is 151 cm³/mol. The fraction of sp³-hybridized carbons (Fsp3) is 0.500. The van der Waals surface area contributed by atoms with Crippen molar-refractivity contribution in [3.05, 3.63) is 64.7 Å². The number of ketones is 1. The molecule has 40 heavy (non-hydrogen) atoms. The van der Waals surface area contributed by atoms with E-state index in [1.165, 1.54) is 31.1 Å². The molecule has 4 aliphatic carbocycles. The highest BCUT2D eigenvalue weighted by molar-refractivity contribution is 6.31. The molecule has 4 bridgehead atoms. The third-order valence-corrected chi connectivity index (χ3v) is 10.2. The van der Waals surface area contributed by atoms with E-state index in [2.05, 4.69) is 0 Å². The zero-order valence-corrected chi connectivity index (χ0v) is 23.5. The molecule has 0 radical (unpaired) electrons. The Morgan fingerprint density at radius 2 is 1.55 bits per heavy atom. The number of aliphatic carboxylic acids is 1.